The van der Waals surface area contributed by atoms with Crippen LogP contribution < -0.4 is 5.32 Å². The predicted octanol–water partition coefficient (Wildman–Crippen LogP) is 2.20. The van der Waals surface area contributed by atoms with Crippen molar-refractivity contribution in [3.05, 3.63) is 71.9 Å². The van der Waals surface area contributed by atoms with E-state index in [-0.39, 0.29) is 18.1 Å². The van der Waals surface area contributed by atoms with Crippen LogP contribution in [0.4, 0.5) is 0 Å². The molecule has 3 aromatic rings. The number of carbonyl (C=O) groups is 1. The van der Waals surface area contributed by atoms with Crippen molar-refractivity contribution in [1.29, 1.82) is 0 Å². The molecule has 4 rings (SSSR count). The quantitative estimate of drug-likeness (QED) is 0.676. The summed E-state index contributed by atoms with van der Waals surface area (Å²) >= 11 is 0. The molecule has 0 saturated carbocycles. The van der Waals surface area contributed by atoms with Crippen LogP contribution in [0.3, 0.4) is 0 Å². The van der Waals surface area contributed by atoms with E-state index in [0.29, 0.717) is 17.9 Å². The minimum atomic E-state index is -0.197. The zero-order chi connectivity index (χ0) is 20.9. The van der Waals surface area contributed by atoms with Crippen molar-refractivity contribution in [1.82, 2.24) is 30.0 Å². The summed E-state index contributed by atoms with van der Waals surface area (Å²) in [4.78, 5) is 23.5. The maximum atomic E-state index is 12.9. The van der Waals surface area contributed by atoms with Crippen LogP contribution in [0, 0.1) is 0 Å². The molecule has 0 spiro atoms. The van der Waals surface area contributed by atoms with Gasteiger partial charge in [-0.25, -0.2) is 14.6 Å². The summed E-state index contributed by atoms with van der Waals surface area (Å²) in [5, 5.41) is 7.12. The molecule has 30 heavy (non-hydrogen) atoms. The van der Waals surface area contributed by atoms with Crippen molar-refractivity contribution in [3.8, 4) is 5.82 Å². The van der Waals surface area contributed by atoms with Gasteiger partial charge >= 0.3 is 0 Å². The highest BCUT2D eigenvalue weighted by molar-refractivity contribution is 5.97. The Labute approximate surface area is 175 Å². The Morgan fingerprint density at radius 2 is 1.90 bits per heavy atom. The Kier molecular flexibility index (Phi) is 6.15. The third kappa shape index (κ3) is 4.72. The van der Waals surface area contributed by atoms with Gasteiger partial charge in [0, 0.05) is 32.4 Å². The maximum Gasteiger partial charge on any atom is 0.255 e. The summed E-state index contributed by atoms with van der Waals surface area (Å²) < 4.78 is 7.33. The number of nitrogens with zero attached hydrogens (tertiary/aromatic N) is 5. The van der Waals surface area contributed by atoms with E-state index >= 15 is 0 Å². The summed E-state index contributed by atoms with van der Waals surface area (Å²) in [6, 6.07) is 11.7. The lowest BCUT2D eigenvalue weighted by atomic mass is 10.1. The molecule has 0 aliphatic carbocycles. The Hall–Kier alpha value is -3.10. The topological polar surface area (TPSA) is 85.2 Å². The number of carbonyl (C=O) groups excluding carboxylic acids is 1. The van der Waals surface area contributed by atoms with Gasteiger partial charge in [0.05, 0.1) is 17.8 Å². The van der Waals surface area contributed by atoms with Crippen molar-refractivity contribution >= 4 is 5.91 Å². The van der Waals surface area contributed by atoms with E-state index in [1.165, 1.54) is 22.9 Å². The zero-order valence-electron chi connectivity index (χ0n) is 17.2. The van der Waals surface area contributed by atoms with Crippen molar-refractivity contribution < 1.29 is 9.53 Å². The zero-order valence-corrected chi connectivity index (χ0v) is 17.2. The summed E-state index contributed by atoms with van der Waals surface area (Å²) in [5.41, 5.74) is 2.77. The van der Waals surface area contributed by atoms with Gasteiger partial charge in [0.1, 0.15) is 12.7 Å². The molecular weight excluding hydrogens is 380 g/mol. The Morgan fingerprint density at radius 3 is 2.63 bits per heavy atom. The molecule has 3 heterocycles. The van der Waals surface area contributed by atoms with E-state index in [1.54, 1.807) is 18.3 Å². The maximum absolute atomic E-state index is 12.9. The lowest BCUT2D eigenvalue weighted by molar-refractivity contribution is -0.0705. The van der Waals surface area contributed by atoms with Crippen LogP contribution in [0.25, 0.3) is 5.82 Å². The number of morpholine rings is 1. The van der Waals surface area contributed by atoms with Gasteiger partial charge in [-0.3, -0.25) is 9.69 Å². The van der Waals surface area contributed by atoms with E-state index in [2.05, 4.69) is 51.3 Å². The average Bonchev–Trinajstić information content (AvgIpc) is 3.27. The summed E-state index contributed by atoms with van der Waals surface area (Å²) in [5.74, 6) is 0.258. The second-order valence-electron chi connectivity index (χ2n) is 7.62. The smallest absolute Gasteiger partial charge is 0.255 e. The van der Waals surface area contributed by atoms with Crippen molar-refractivity contribution in [3.63, 3.8) is 0 Å². The fourth-order valence-electron chi connectivity index (χ4n) is 3.88. The third-order valence-corrected chi connectivity index (χ3v) is 5.11. The van der Waals surface area contributed by atoms with Crippen LogP contribution in [0.1, 0.15) is 35.3 Å². The minimum Gasteiger partial charge on any atom is -0.373 e. The Bertz CT molecular complexity index is 981. The predicted molar refractivity (Wildman–Crippen MR) is 112 cm³/mol. The minimum absolute atomic E-state index is 0.197. The third-order valence-electron chi connectivity index (χ3n) is 5.11. The lowest BCUT2D eigenvalue weighted by Crippen LogP contribution is -2.45. The molecule has 1 fully saturated rings. The van der Waals surface area contributed by atoms with Crippen LogP contribution in [0.15, 0.2) is 55.2 Å². The van der Waals surface area contributed by atoms with Gasteiger partial charge < -0.3 is 10.1 Å². The first-order chi connectivity index (χ1) is 14.6. The van der Waals surface area contributed by atoms with Gasteiger partial charge in [0.15, 0.2) is 5.82 Å². The highest BCUT2D eigenvalue weighted by Gasteiger charge is 2.23. The van der Waals surface area contributed by atoms with Crippen molar-refractivity contribution in [2.75, 3.05) is 13.1 Å². The normalized spacial score (nSPS) is 19.5. The molecule has 1 aromatic carbocycles. The highest BCUT2D eigenvalue weighted by Crippen LogP contribution is 2.17. The molecule has 1 saturated heterocycles. The number of pyridine rings is 1. The van der Waals surface area contributed by atoms with Crippen LogP contribution >= 0.6 is 0 Å². The van der Waals surface area contributed by atoms with Crippen molar-refractivity contribution in [2.24, 2.45) is 0 Å². The van der Waals surface area contributed by atoms with Crippen LogP contribution in [-0.4, -0.2) is 55.9 Å². The lowest BCUT2D eigenvalue weighted by Gasteiger charge is -2.35. The number of amides is 1. The number of hydrogen-bond acceptors (Lipinski definition) is 6. The van der Waals surface area contributed by atoms with Gasteiger partial charge in [-0.1, -0.05) is 24.3 Å². The highest BCUT2D eigenvalue weighted by atomic mass is 16.5. The first-order valence-electron chi connectivity index (χ1n) is 10.1. The summed E-state index contributed by atoms with van der Waals surface area (Å²) in [6.07, 6.45) is 5.02. The Morgan fingerprint density at radius 1 is 1.13 bits per heavy atom. The van der Waals surface area contributed by atoms with E-state index in [4.69, 9.17) is 4.74 Å². The molecule has 0 unspecified atom stereocenters. The molecule has 0 bridgehead atoms. The fraction of sp³-hybridized carbons (Fsp3) is 0.364. The molecule has 8 heteroatoms. The molecule has 8 nitrogen and oxygen atoms in total. The van der Waals surface area contributed by atoms with E-state index in [0.717, 1.165) is 25.2 Å². The van der Waals surface area contributed by atoms with Crippen LogP contribution in [0.5, 0.6) is 0 Å². The first-order valence-corrected chi connectivity index (χ1v) is 10.1. The van der Waals surface area contributed by atoms with Crippen molar-refractivity contribution in [2.45, 2.75) is 39.1 Å². The van der Waals surface area contributed by atoms with Gasteiger partial charge in [0.2, 0.25) is 0 Å². The number of rotatable bonds is 6. The number of hydrogen-bond donors (Lipinski definition) is 1. The standard InChI is InChI=1S/C22H26N6O2/c1-16-11-27(12-17(2)30-16)13-19-7-4-3-6-18(19)10-25-22(29)20-8-5-9-24-21(20)28-15-23-14-26-28/h3-9,14-17H,10-13H2,1-2H3,(H,25,29)/t16-,17-/m1/s1. The molecule has 2 atom stereocenters. The van der Waals surface area contributed by atoms with E-state index in [1.807, 2.05) is 12.1 Å². The second-order valence-corrected chi connectivity index (χ2v) is 7.62. The molecule has 0 radical (unpaired) electrons. The number of ether oxygens (including phenoxy) is 1. The fourth-order valence-corrected chi connectivity index (χ4v) is 3.88. The number of aromatic nitrogens is 4. The molecule has 2 aromatic heterocycles. The molecular formula is C22H26N6O2. The largest absolute Gasteiger partial charge is 0.373 e. The molecule has 1 amide bonds. The van der Waals surface area contributed by atoms with E-state index in [9.17, 15) is 4.79 Å². The second kappa shape index (κ2) is 9.15. The van der Waals surface area contributed by atoms with Crippen LogP contribution in [-0.2, 0) is 17.8 Å². The SMILES string of the molecule is C[C@@H]1CN(Cc2ccccc2CNC(=O)c2cccnc2-n2cncn2)C[C@@H](C)O1. The average molecular weight is 406 g/mol. The molecule has 1 aliphatic rings. The number of benzene rings is 1. The molecule has 1 aliphatic heterocycles. The van der Waals surface area contributed by atoms with E-state index < -0.39 is 0 Å². The summed E-state index contributed by atoms with van der Waals surface area (Å²) in [7, 11) is 0. The molecule has 156 valence electrons. The van der Waals surface area contributed by atoms with Gasteiger partial charge in [-0.05, 0) is 37.1 Å². The Balaban J connectivity index is 1.46. The van der Waals surface area contributed by atoms with Gasteiger partial charge in [0.25, 0.3) is 5.91 Å². The van der Waals surface area contributed by atoms with Gasteiger partial charge in [-0.15, -0.1) is 0 Å². The summed E-state index contributed by atoms with van der Waals surface area (Å²) in [6.45, 7) is 7.30. The monoisotopic (exact) mass is 406 g/mol. The molecule has 1 N–H and O–H groups in total. The van der Waals surface area contributed by atoms with Gasteiger partial charge in [-0.2, -0.15) is 5.10 Å². The first kappa shape index (κ1) is 20.2. The number of nitrogens with one attached hydrogen (secondary N) is 1. The van der Waals surface area contributed by atoms with Crippen LogP contribution in [0.2, 0.25) is 0 Å².